The minimum atomic E-state index is -2.89. The predicted molar refractivity (Wildman–Crippen MR) is 118 cm³/mol. The Hall–Kier alpha value is -3.46. The number of amides is 2. The van der Waals surface area contributed by atoms with Gasteiger partial charge in [-0.1, -0.05) is 12.1 Å². The smallest absolute Gasteiger partial charge is 0.387 e. The Balaban J connectivity index is 1.47. The third-order valence-electron chi connectivity index (χ3n) is 4.81. The Morgan fingerprint density at radius 1 is 1.12 bits per heavy atom. The molecule has 32 heavy (non-hydrogen) atoms. The Bertz CT molecular complexity index is 927. The molecule has 1 N–H and O–H groups in total. The molecule has 9 heteroatoms. The summed E-state index contributed by atoms with van der Waals surface area (Å²) in [5, 5.41) is 2.78. The highest BCUT2D eigenvalue weighted by Gasteiger charge is 2.13. The fourth-order valence-corrected chi connectivity index (χ4v) is 3.13. The fourth-order valence-electron chi connectivity index (χ4n) is 3.13. The van der Waals surface area contributed by atoms with Crippen molar-refractivity contribution in [3.8, 4) is 5.75 Å². The third-order valence-corrected chi connectivity index (χ3v) is 4.81. The van der Waals surface area contributed by atoms with Crippen LogP contribution in [0.15, 0.2) is 54.6 Å². The van der Waals surface area contributed by atoms with E-state index in [9.17, 15) is 18.4 Å². The number of nitrogens with zero attached hydrogens (tertiary/aromatic N) is 2. The average Bonchev–Trinajstić information content (AvgIpc) is 2.79. The third kappa shape index (κ3) is 7.05. The maximum absolute atomic E-state index is 12.3. The van der Waals surface area contributed by atoms with Crippen molar-refractivity contribution in [3.05, 3.63) is 60.2 Å². The summed E-state index contributed by atoms with van der Waals surface area (Å²) in [5.74, 6) is -0.646. The number of likely N-dealkylation sites (N-methyl/N-ethyl adjacent to an activating group) is 1. The zero-order valence-corrected chi connectivity index (χ0v) is 17.7. The number of hydrogen-bond acceptors (Lipinski definition) is 5. The molecule has 0 atom stereocenters. The highest BCUT2D eigenvalue weighted by atomic mass is 19.3. The summed E-state index contributed by atoms with van der Waals surface area (Å²) in [6.45, 7) is 0.0625. The molecule has 0 radical (unpaired) electrons. The first-order chi connectivity index (χ1) is 15.4. The van der Waals surface area contributed by atoms with Crippen molar-refractivity contribution in [2.24, 2.45) is 0 Å². The number of ether oxygens (including phenoxy) is 2. The Labute approximate surface area is 185 Å². The molecule has 0 bridgehead atoms. The van der Waals surface area contributed by atoms with E-state index in [2.05, 4.69) is 15.0 Å². The van der Waals surface area contributed by atoms with Gasteiger partial charge in [-0.15, -0.1) is 0 Å². The van der Waals surface area contributed by atoms with E-state index in [-0.39, 0.29) is 24.1 Å². The summed E-state index contributed by atoms with van der Waals surface area (Å²) < 4.78 is 34.0. The van der Waals surface area contributed by atoms with Gasteiger partial charge < -0.3 is 24.6 Å². The van der Waals surface area contributed by atoms with Crippen LogP contribution in [0.25, 0.3) is 6.08 Å². The van der Waals surface area contributed by atoms with Gasteiger partial charge in [0.2, 0.25) is 11.8 Å². The van der Waals surface area contributed by atoms with Gasteiger partial charge in [0.25, 0.3) is 0 Å². The first kappa shape index (κ1) is 23.2. The lowest BCUT2D eigenvalue weighted by molar-refractivity contribution is -0.129. The van der Waals surface area contributed by atoms with Crippen LogP contribution in [0.4, 0.5) is 20.2 Å². The molecule has 2 aromatic carbocycles. The van der Waals surface area contributed by atoms with E-state index in [0.29, 0.717) is 24.5 Å². The van der Waals surface area contributed by atoms with Gasteiger partial charge in [0, 0.05) is 37.6 Å². The van der Waals surface area contributed by atoms with Crippen LogP contribution >= 0.6 is 0 Å². The van der Waals surface area contributed by atoms with E-state index in [1.807, 2.05) is 24.3 Å². The van der Waals surface area contributed by atoms with Crippen LogP contribution in [0, 0.1) is 0 Å². The first-order valence-corrected chi connectivity index (χ1v) is 10.1. The van der Waals surface area contributed by atoms with Gasteiger partial charge in [-0.05, 0) is 48.0 Å². The normalized spacial score (nSPS) is 13.9. The molecule has 1 fully saturated rings. The van der Waals surface area contributed by atoms with Crippen molar-refractivity contribution in [3.63, 3.8) is 0 Å². The summed E-state index contributed by atoms with van der Waals surface area (Å²) in [7, 11) is 1.52. The number of hydrogen-bond donors (Lipinski definition) is 1. The molecule has 1 saturated heterocycles. The number of carbonyl (C=O) groups excluding carboxylic acids is 2. The summed E-state index contributed by atoms with van der Waals surface area (Å²) in [5.41, 5.74) is 2.35. The standard InChI is InChI=1S/C23H25F2N3O4/c1-27(22(30)11-4-17-2-9-20(10-3-17)32-23(24)25)16-21(29)26-18-5-7-19(8-6-18)28-12-14-31-15-13-28/h2-11,23H,12-16H2,1H3,(H,26,29). The molecular formula is C23H25F2N3O4. The lowest BCUT2D eigenvalue weighted by atomic mass is 10.2. The average molecular weight is 445 g/mol. The second-order valence-corrected chi connectivity index (χ2v) is 7.17. The minimum Gasteiger partial charge on any atom is -0.435 e. The van der Waals surface area contributed by atoms with E-state index < -0.39 is 6.61 Å². The Kier molecular flexibility index (Phi) is 8.15. The molecule has 1 aliphatic heterocycles. The lowest BCUT2D eigenvalue weighted by Gasteiger charge is -2.28. The molecule has 2 amide bonds. The second kappa shape index (κ2) is 11.2. The van der Waals surface area contributed by atoms with Gasteiger partial charge in [-0.2, -0.15) is 8.78 Å². The number of rotatable bonds is 8. The number of benzene rings is 2. The number of alkyl halides is 2. The molecule has 3 rings (SSSR count). The van der Waals surface area contributed by atoms with Crippen molar-refractivity contribution < 1.29 is 27.8 Å². The van der Waals surface area contributed by atoms with Crippen molar-refractivity contribution in [1.82, 2.24) is 4.90 Å². The molecule has 0 saturated carbocycles. The molecule has 0 aliphatic carbocycles. The van der Waals surface area contributed by atoms with Crippen LogP contribution in [0.3, 0.4) is 0 Å². The van der Waals surface area contributed by atoms with Crippen LogP contribution < -0.4 is 15.0 Å². The zero-order chi connectivity index (χ0) is 22.9. The number of carbonyl (C=O) groups is 2. The molecular weight excluding hydrogens is 420 g/mol. The number of anilines is 2. The largest absolute Gasteiger partial charge is 0.435 e. The second-order valence-electron chi connectivity index (χ2n) is 7.17. The number of morpholine rings is 1. The van der Waals surface area contributed by atoms with E-state index in [4.69, 9.17) is 4.74 Å². The van der Waals surface area contributed by atoms with Crippen molar-refractivity contribution in [2.75, 3.05) is 50.1 Å². The van der Waals surface area contributed by atoms with Crippen LogP contribution in [-0.4, -0.2) is 63.2 Å². The maximum Gasteiger partial charge on any atom is 0.387 e. The highest BCUT2D eigenvalue weighted by molar-refractivity contribution is 5.98. The molecule has 0 spiro atoms. The van der Waals surface area contributed by atoms with Crippen molar-refractivity contribution in [2.45, 2.75) is 6.61 Å². The SMILES string of the molecule is CN(CC(=O)Nc1ccc(N2CCOCC2)cc1)C(=O)C=Cc1ccc(OC(F)F)cc1. The predicted octanol–water partition coefficient (Wildman–Crippen LogP) is 3.23. The number of nitrogens with one attached hydrogen (secondary N) is 1. The molecule has 0 unspecified atom stereocenters. The van der Waals surface area contributed by atoms with Crippen molar-refractivity contribution in [1.29, 1.82) is 0 Å². The molecule has 170 valence electrons. The van der Waals surface area contributed by atoms with Crippen LogP contribution in [0.2, 0.25) is 0 Å². The van der Waals surface area contributed by atoms with Crippen molar-refractivity contribution >= 4 is 29.3 Å². The summed E-state index contributed by atoms with van der Waals surface area (Å²) >= 11 is 0. The molecule has 0 aromatic heterocycles. The van der Waals surface area contributed by atoms with Crippen LogP contribution in [0.1, 0.15) is 5.56 Å². The summed E-state index contributed by atoms with van der Waals surface area (Å²) in [6.07, 6.45) is 2.85. The van der Waals surface area contributed by atoms with E-state index in [1.165, 1.54) is 36.2 Å². The van der Waals surface area contributed by atoms with E-state index in [1.54, 1.807) is 12.1 Å². The fraction of sp³-hybridized carbons (Fsp3) is 0.304. The maximum atomic E-state index is 12.3. The van der Waals surface area contributed by atoms with E-state index >= 15 is 0 Å². The van der Waals surface area contributed by atoms with Gasteiger partial charge in [-0.3, -0.25) is 9.59 Å². The van der Waals surface area contributed by atoms with Gasteiger partial charge in [0.15, 0.2) is 0 Å². The lowest BCUT2D eigenvalue weighted by Crippen LogP contribution is -2.36. The monoisotopic (exact) mass is 445 g/mol. The molecule has 1 aliphatic rings. The van der Waals surface area contributed by atoms with Crippen LogP contribution in [0.5, 0.6) is 5.75 Å². The van der Waals surface area contributed by atoms with E-state index in [0.717, 1.165) is 18.8 Å². The quantitative estimate of drug-likeness (QED) is 0.632. The Morgan fingerprint density at radius 3 is 2.41 bits per heavy atom. The summed E-state index contributed by atoms with van der Waals surface area (Å²) in [4.78, 5) is 28.0. The molecule has 1 heterocycles. The topological polar surface area (TPSA) is 71.1 Å². The van der Waals surface area contributed by atoms with Gasteiger partial charge >= 0.3 is 6.61 Å². The highest BCUT2D eigenvalue weighted by Crippen LogP contribution is 2.19. The Morgan fingerprint density at radius 2 is 1.78 bits per heavy atom. The zero-order valence-electron chi connectivity index (χ0n) is 17.7. The number of halogens is 2. The van der Waals surface area contributed by atoms with Gasteiger partial charge in [-0.25, -0.2) is 0 Å². The van der Waals surface area contributed by atoms with Gasteiger partial charge in [0.1, 0.15) is 5.75 Å². The summed E-state index contributed by atoms with van der Waals surface area (Å²) in [6, 6.07) is 13.4. The molecule has 7 nitrogen and oxygen atoms in total. The minimum absolute atomic E-state index is 0.0373. The van der Waals surface area contributed by atoms with Gasteiger partial charge in [0.05, 0.1) is 19.8 Å². The first-order valence-electron chi connectivity index (χ1n) is 10.1. The van der Waals surface area contributed by atoms with Crippen LogP contribution in [-0.2, 0) is 14.3 Å². The molecule has 2 aromatic rings.